The monoisotopic (exact) mass is 274 g/mol. The van der Waals surface area contributed by atoms with Crippen molar-refractivity contribution in [2.45, 2.75) is 13.3 Å². The molecule has 1 aromatic heterocycles. The molecule has 1 rings (SSSR count). The average molecular weight is 274 g/mol. The fourth-order valence-corrected chi connectivity index (χ4v) is 2.43. The minimum atomic E-state index is -3.13. The summed E-state index contributed by atoms with van der Waals surface area (Å²) in [5.41, 5.74) is -0.223. The second-order valence-corrected chi connectivity index (χ2v) is 5.81. The van der Waals surface area contributed by atoms with Crippen molar-refractivity contribution in [1.29, 1.82) is 0 Å². The maximum Gasteiger partial charge on any atom is 0.252 e. The number of hydrogen-bond donors (Lipinski definition) is 2. The molecule has 7 nitrogen and oxygen atoms in total. The third kappa shape index (κ3) is 4.84. The minimum Gasteiger partial charge on any atom is -0.370 e. The zero-order chi connectivity index (χ0) is 13.6. The van der Waals surface area contributed by atoms with E-state index >= 15 is 0 Å². The average Bonchev–Trinajstić information content (AvgIpc) is 2.27. The van der Waals surface area contributed by atoms with Crippen molar-refractivity contribution >= 4 is 15.8 Å². The van der Waals surface area contributed by atoms with Gasteiger partial charge in [-0.05, 0) is 6.42 Å². The molecule has 8 heteroatoms. The topological polar surface area (TPSA) is 95.2 Å². The smallest absolute Gasteiger partial charge is 0.252 e. The van der Waals surface area contributed by atoms with Gasteiger partial charge >= 0.3 is 0 Å². The molecule has 1 heterocycles. The number of nitrogens with zero attached hydrogens (tertiary/aromatic N) is 2. The third-order valence-electron chi connectivity index (χ3n) is 2.39. The van der Waals surface area contributed by atoms with Crippen LogP contribution in [0.5, 0.6) is 0 Å². The van der Waals surface area contributed by atoms with E-state index < -0.39 is 10.0 Å². The van der Waals surface area contributed by atoms with Crippen molar-refractivity contribution in [1.82, 2.24) is 14.3 Å². The SMILES string of the molecule is CCN(CCCNc1cc(=O)[nH]cn1)S(C)(=O)=O. The molecule has 0 aliphatic heterocycles. The fourth-order valence-electron chi connectivity index (χ4n) is 1.50. The first-order valence-electron chi connectivity index (χ1n) is 5.67. The molecule has 0 aromatic carbocycles. The van der Waals surface area contributed by atoms with Gasteiger partial charge in [-0.15, -0.1) is 0 Å². The van der Waals surface area contributed by atoms with Crippen molar-refractivity contribution in [3.05, 3.63) is 22.7 Å². The van der Waals surface area contributed by atoms with Gasteiger partial charge in [-0.3, -0.25) is 4.79 Å². The highest BCUT2D eigenvalue weighted by atomic mass is 32.2. The van der Waals surface area contributed by atoms with Crippen LogP contribution in [0.25, 0.3) is 0 Å². The molecule has 18 heavy (non-hydrogen) atoms. The minimum absolute atomic E-state index is 0.223. The molecule has 0 spiro atoms. The number of aromatic amines is 1. The summed E-state index contributed by atoms with van der Waals surface area (Å²) in [5.74, 6) is 0.487. The largest absolute Gasteiger partial charge is 0.370 e. The van der Waals surface area contributed by atoms with Crippen LogP contribution in [0.2, 0.25) is 0 Å². The molecule has 0 bridgehead atoms. The second-order valence-electron chi connectivity index (χ2n) is 3.83. The molecule has 0 amide bonds. The number of H-pyrrole nitrogens is 1. The second kappa shape index (κ2) is 6.50. The molecule has 1 aromatic rings. The maximum absolute atomic E-state index is 11.3. The molecular weight excluding hydrogens is 256 g/mol. The number of anilines is 1. The van der Waals surface area contributed by atoms with E-state index in [1.54, 1.807) is 6.92 Å². The first kappa shape index (κ1) is 14.7. The molecule has 0 radical (unpaired) electrons. The van der Waals surface area contributed by atoms with Gasteiger partial charge < -0.3 is 10.3 Å². The number of rotatable bonds is 7. The molecule has 0 atom stereocenters. The maximum atomic E-state index is 11.3. The Bertz CT molecular complexity index is 526. The third-order valence-corrected chi connectivity index (χ3v) is 3.77. The van der Waals surface area contributed by atoms with Gasteiger partial charge in [-0.25, -0.2) is 17.7 Å². The Balaban J connectivity index is 2.37. The predicted molar refractivity (Wildman–Crippen MR) is 70.1 cm³/mol. The van der Waals surface area contributed by atoms with Crippen molar-refractivity contribution in [3.8, 4) is 0 Å². The van der Waals surface area contributed by atoms with Crippen LogP contribution in [0.4, 0.5) is 5.82 Å². The van der Waals surface area contributed by atoms with E-state index in [1.807, 2.05) is 0 Å². The van der Waals surface area contributed by atoms with E-state index in [4.69, 9.17) is 0 Å². The van der Waals surface area contributed by atoms with E-state index in [2.05, 4.69) is 15.3 Å². The highest BCUT2D eigenvalue weighted by Gasteiger charge is 2.12. The van der Waals surface area contributed by atoms with Crippen LogP contribution in [-0.4, -0.2) is 48.6 Å². The quantitative estimate of drug-likeness (QED) is 0.674. The Morgan fingerprint density at radius 1 is 1.50 bits per heavy atom. The van der Waals surface area contributed by atoms with E-state index in [0.29, 0.717) is 31.9 Å². The molecule has 0 saturated heterocycles. The molecule has 0 aliphatic rings. The van der Waals surface area contributed by atoms with Crippen LogP contribution in [-0.2, 0) is 10.0 Å². The van der Waals surface area contributed by atoms with E-state index in [9.17, 15) is 13.2 Å². The molecule has 2 N–H and O–H groups in total. The summed E-state index contributed by atoms with van der Waals surface area (Å²) in [5, 5.41) is 2.96. The Morgan fingerprint density at radius 2 is 2.22 bits per heavy atom. The number of nitrogens with one attached hydrogen (secondary N) is 2. The van der Waals surface area contributed by atoms with Crippen molar-refractivity contribution < 1.29 is 8.42 Å². The Morgan fingerprint density at radius 3 is 2.78 bits per heavy atom. The first-order valence-corrected chi connectivity index (χ1v) is 7.52. The van der Waals surface area contributed by atoms with Crippen LogP contribution in [0, 0.1) is 0 Å². The van der Waals surface area contributed by atoms with E-state index in [0.717, 1.165) is 0 Å². The highest BCUT2D eigenvalue weighted by Crippen LogP contribution is 2.00. The van der Waals surface area contributed by atoms with Crippen molar-refractivity contribution in [2.24, 2.45) is 0 Å². The summed E-state index contributed by atoms with van der Waals surface area (Å²) >= 11 is 0. The van der Waals surface area contributed by atoms with Gasteiger partial charge in [0.05, 0.1) is 12.6 Å². The lowest BCUT2D eigenvalue weighted by molar-refractivity contribution is 0.428. The van der Waals surface area contributed by atoms with Crippen molar-refractivity contribution in [3.63, 3.8) is 0 Å². The van der Waals surface area contributed by atoms with Crippen LogP contribution >= 0.6 is 0 Å². The summed E-state index contributed by atoms with van der Waals surface area (Å²) < 4.78 is 24.0. The molecule has 0 saturated carbocycles. The zero-order valence-electron chi connectivity index (χ0n) is 10.5. The normalized spacial score (nSPS) is 11.7. The molecule has 0 aliphatic carbocycles. The molecule has 102 valence electrons. The van der Waals surface area contributed by atoms with Gasteiger partial charge in [0, 0.05) is 25.7 Å². The lowest BCUT2D eigenvalue weighted by atomic mass is 10.4. The van der Waals surface area contributed by atoms with Gasteiger partial charge in [0.25, 0.3) is 5.56 Å². The van der Waals surface area contributed by atoms with Crippen molar-refractivity contribution in [2.75, 3.05) is 31.2 Å². The number of hydrogen-bond acceptors (Lipinski definition) is 5. The summed E-state index contributed by atoms with van der Waals surface area (Å²) in [4.78, 5) is 17.3. The Hall–Kier alpha value is -1.41. The van der Waals surface area contributed by atoms with Crippen LogP contribution < -0.4 is 10.9 Å². The van der Waals surface area contributed by atoms with Crippen LogP contribution in [0.15, 0.2) is 17.2 Å². The van der Waals surface area contributed by atoms with Crippen LogP contribution in [0.1, 0.15) is 13.3 Å². The van der Waals surface area contributed by atoms with Gasteiger partial charge in [-0.1, -0.05) is 6.92 Å². The predicted octanol–water partition coefficient (Wildman–Crippen LogP) is -0.147. The molecule has 0 unspecified atom stereocenters. The lowest BCUT2D eigenvalue weighted by Crippen LogP contribution is -2.31. The lowest BCUT2D eigenvalue weighted by Gasteiger charge is -2.17. The number of sulfonamides is 1. The standard InChI is InChI=1S/C10H18N4O3S/c1-3-14(18(2,16)17)6-4-5-11-9-7-10(15)13-8-12-9/h7-8H,3-6H2,1-2H3,(H2,11,12,13,15). The van der Waals surface area contributed by atoms with Gasteiger partial charge in [0.2, 0.25) is 10.0 Å². The van der Waals surface area contributed by atoms with E-state index in [-0.39, 0.29) is 5.56 Å². The van der Waals surface area contributed by atoms with Gasteiger partial charge in [0.15, 0.2) is 0 Å². The fraction of sp³-hybridized carbons (Fsp3) is 0.600. The Kier molecular flexibility index (Phi) is 5.29. The van der Waals surface area contributed by atoms with Crippen LogP contribution in [0.3, 0.4) is 0 Å². The zero-order valence-corrected chi connectivity index (χ0v) is 11.3. The molecular formula is C10H18N4O3S. The summed E-state index contributed by atoms with van der Waals surface area (Å²) in [6, 6.07) is 1.36. The highest BCUT2D eigenvalue weighted by molar-refractivity contribution is 7.88. The number of aromatic nitrogens is 2. The summed E-state index contributed by atoms with van der Waals surface area (Å²) in [6.07, 6.45) is 3.16. The Labute approximate surface area is 106 Å². The summed E-state index contributed by atoms with van der Waals surface area (Å²) in [6.45, 7) is 3.27. The van der Waals surface area contributed by atoms with Gasteiger partial charge in [0.1, 0.15) is 5.82 Å². The first-order chi connectivity index (χ1) is 8.43. The molecule has 0 fully saturated rings. The van der Waals surface area contributed by atoms with E-state index in [1.165, 1.54) is 23.0 Å². The summed E-state index contributed by atoms with van der Waals surface area (Å²) in [7, 11) is -3.13. The van der Waals surface area contributed by atoms with Gasteiger partial charge in [-0.2, -0.15) is 0 Å².